The number of alkyl halides is 4. The Kier molecular flexibility index (Phi) is 8.09. The van der Waals surface area contributed by atoms with E-state index in [9.17, 15) is 44.0 Å². The Morgan fingerprint density at radius 1 is 1.06 bits per heavy atom. The normalized spacial score (nSPS) is 26.4. The average Bonchev–Trinajstić information content (AvgIpc) is 3.23. The lowest BCUT2D eigenvalue weighted by Crippen LogP contribution is -2.46. The van der Waals surface area contributed by atoms with Crippen LogP contribution in [0, 0.1) is 17.8 Å². The zero-order valence-electron chi connectivity index (χ0n) is 16.0. The Morgan fingerprint density at radius 2 is 1.68 bits per heavy atom. The van der Waals surface area contributed by atoms with Crippen molar-refractivity contribution in [1.29, 1.82) is 0 Å². The van der Waals surface area contributed by atoms with E-state index in [4.69, 9.17) is 8.74 Å². The Balaban J connectivity index is 1.76. The van der Waals surface area contributed by atoms with Gasteiger partial charge in [-0.15, -0.1) is 0 Å². The topological polar surface area (TPSA) is 141 Å². The zero-order chi connectivity index (χ0) is 23.6. The summed E-state index contributed by atoms with van der Waals surface area (Å²) in [7, 11) is -9.48. The summed E-state index contributed by atoms with van der Waals surface area (Å²) in [6.45, 7) is -0.735. The lowest BCUT2D eigenvalue weighted by atomic mass is 9.82. The number of carbonyl (C=O) groups is 2. The number of ketones is 1. The van der Waals surface area contributed by atoms with Crippen molar-refractivity contribution < 1.29 is 57.5 Å². The van der Waals surface area contributed by atoms with Crippen LogP contribution in [0.1, 0.15) is 44.9 Å². The fourth-order valence-electron chi connectivity index (χ4n) is 4.21. The second-order valence-corrected chi connectivity index (χ2v) is 9.76. The number of Topliss-reactive ketones (excluding diaryl/α,β-unsaturated/α-hetero) is 1. The second-order valence-electron chi connectivity index (χ2n) is 7.64. The number of rotatable bonds is 12. The SMILES string of the molecule is O=C(CCC(=O)C1C2CCC(C2)C1O[SH](=O)=O)OCCCC(F)(F)C(F)(F)S(=O)(=O)O. The number of carbonyl (C=O) groups excluding carboxylic acids is 2. The minimum absolute atomic E-state index is 0.0415. The van der Waals surface area contributed by atoms with Crippen molar-refractivity contribution in [2.75, 3.05) is 6.61 Å². The highest BCUT2D eigenvalue weighted by molar-refractivity contribution is 7.87. The first-order valence-electron chi connectivity index (χ1n) is 9.39. The summed E-state index contributed by atoms with van der Waals surface area (Å²) in [4.78, 5) is 24.1. The van der Waals surface area contributed by atoms with E-state index in [1.807, 2.05) is 0 Å². The van der Waals surface area contributed by atoms with Crippen LogP contribution in [0.4, 0.5) is 17.6 Å². The number of fused-ring (bicyclic) bond motifs is 2. The van der Waals surface area contributed by atoms with Gasteiger partial charge >= 0.3 is 27.3 Å². The van der Waals surface area contributed by atoms with Crippen molar-refractivity contribution in [2.45, 2.75) is 62.2 Å². The molecule has 0 radical (unpaired) electrons. The molecule has 15 heteroatoms. The van der Waals surface area contributed by atoms with Gasteiger partial charge in [0.1, 0.15) is 5.78 Å². The van der Waals surface area contributed by atoms with Gasteiger partial charge in [-0.3, -0.25) is 18.3 Å². The number of halogens is 4. The molecule has 1 N–H and O–H groups in total. The molecule has 2 rings (SSSR count). The summed E-state index contributed by atoms with van der Waals surface area (Å²) < 4.78 is 113. The average molecular weight is 498 g/mol. The first kappa shape index (κ1) is 25.9. The van der Waals surface area contributed by atoms with Gasteiger partial charge in [-0.1, -0.05) is 0 Å². The highest BCUT2D eigenvalue weighted by atomic mass is 32.2. The van der Waals surface area contributed by atoms with E-state index in [0.717, 1.165) is 12.8 Å². The molecule has 2 bridgehead atoms. The van der Waals surface area contributed by atoms with Crippen LogP contribution < -0.4 is 0 Å². The first-order valence-corrected chi connectivity index (χ1v) is 11.9. The summed E-state index contributed by atoms with van der Waals surface area (Å²) >= 11 is 0. The molecule has 0 aromatic heterocycles. The number of ether oxygens (including phenoxy) is 1. The van der Waals surface area contributed by atoms with E-state index in [0.29, 0.717) is 6.42 Å². The second kappa shape index (κ2) is 9.67. The molecule has 2 aliphatic rings. The Bertz CT molecular complexity index is 864. The Labute approximate surface area is 177 Å². The van der Waals surface area contributed by atoms with Crippen LogP contribution in [0.3, 0.4) is 0 Å². The highest BCUT2D eigenvalue weighted by Crippen LogP contribution is 2.50. The maximum Gasteiger partial charge on any atom is 0.431 e. The van der Waals surface area contributed by atoms with Gasteiger partial charge in [0, 0.05) is 18.8 Å². The molecule has 2 fully saturated rings. The van der Waals surface area contributed by atoms with Gasteiger partial charge in [-0.2, -0.15) is 26.0 Å². The van der Waals surface area contributed by atoms with Crippen molar-refractivity contribution in [3.05, 3.63) is 0 Å². The van der Waals surface area contributed by atoms with Gasteiger partial charge < -0.3 is 4.74 Å². The standard InChI is InChI=1S/C16H22F4O9S2/c17-15(18,16(19,20)31(25,26)27)6-1-7-28-12(22)5-4-11(21)13-9-2-3-10(8-9)14(13)29-30(23)24/h9-10,13-14,30H,1-8H2,(H,25,26,27). The molecule has 0 saturated heterocycles. The highest BCUT2D eigenvalue weighted by Gasteiger charge is 2.65. The maximum absolute atomic E-state index is 13.3. The monoisotopic (exact) mass is 498 g/mol. The van der Waals surface area contributed by atoms with Crippen molar-refractivity contribution in [3.63, 3.8) is 0 Å². The molecule has 180 valence electrons. The van der Waals surface area contributed by atoms with Crippen molar-refractivity contribution in [2.24, 2.45) is 17.8 Å². The van der Waals surface area contributed by atoms with Gasteiger partial charge in [-0.25, -0.2) is 8.42 Å². The fraction of sp³-hybridized carbons (Fsp3) is 0.875. The number of thiol groups is 1. The molecule has 0 aliphatic heterocycles. The van der Waals surface area contributed by atoms with Crippen LogP contribution >= 0.6 is 0 Å². The lowest BCUT2D eigenvalue weighted by Gasteiger charge is -2.27. The smallest absolute Gasteiger partial charge is 0.431 e. The molecule has 0 amide bonds. The third kappa shape index (κ3) is 5.93. The quantitative estimate of drug-likeness (QED) is 0.135. The zero-order valence-corrected chi connectivity index (χ0v) is 17.8. The Hall–Kier alpha value is -1.32. The summed E-state index contributed by atoms with van der Waals surface area (Å²) in [5, 5.41) is -5.69. The largest absolute Gasteiger partial charge is 0.466 e. The molecule has 0 heterocycles. The molecule has 31 heavy (non-hydrogen) atoms. The van der Waals surface area contributed by atoms with Gasteiger partial charge in [0.15, 0.2) is 0 Å². The molecule has 4 unspecified atom stereocenters. The molecule has 0 aromatic rings. The van der Waals surface area contributed by atoms with E-state index >= 15 is 0 Å². The molecular weight excluding hydrogens is 476 g/mol. The van der Waals surface area contributed by atoms with Crippen LogP contribution in [0.5, 0.6) is 0 Å². The number of hydrogen-bond acceptors (Lipinski definition) is 8. The number of esters is 1. The van der Waals surface area contributed by atoms with Crippen molar-refractivity contribution in [3.8, 4) is 0 Å². The molecule has 0 spiro atoms. The van der Waals surface area contributed by atoms with Gasteiger partial charge in [0.2, 0.25) is 0 Å². The van der Waals surface area contributed by atoms with E-state index in [2.05, 4.69) is 4.74 Å². The predicted octanol–water partition coefficient (Wildman–Crippen LogP) is 1.73. The van der Waals surface area contributed by atoms with E-state index in [1.54, 1.807) is 0 Å². The van der Waals surface area contributed by atoms with Crippen LogP contribution in [0.15, 0.2) is 0 Å². The van der Waals surface area contributed by atoms with Crippen LogP contribution in [-0.4, -0.2) is 57.0 Å². The van der Waals surface area contributed by atoms with E-state index < -0.39 is 76.1 Å². The summed E-state index contributed by atoms with van der Waals surface area (Å²) in [6.07, 6.45) is -1.86. The molecule has 4 atom stereocenters. The minimum atomic E-state index is -6.33. The molecule has 0 aromatic carbocycles. The maximum atomic E-state index is 13.3. The molecular formula is C16H22F4O9S2. The molecule has 2 saturated carbocycles. The summed E-state index contributed by atoms with van der Waals surface area (Å²) in [5.41, 5.74) is 0. The summed E-state index contributed by atoms with van der Waals surface area (Å²) in [6, 6.07) is 0. The summed E-state index contributed by atoms with van der Waals surface area (Å²) in [5.74, 6) is -7.19. The number of hydrogen-bond donors (Lipinski definition) is 2. The van der Waals surface area contributed by atoms with Crippen molar-refractivity contribution in [1.82, 2.24) is 0 Å². The van der Waals surface area contributed by atoms with Crippen LogP contribution in [0.2, 0.25) is 0 Å². The van der Waals surface area contributed by atoms with E-state index in [1.165, 1.54) is 0 Å². The minimum Gasteiger partial charge on any atom is -0.466 e. The van der Waals surface area contributed by atoms with Crippen molar-refractivity contribution >= 4 is 32.9 Å². The lowest BCUT2D eigenvalue weighted by molar-refractivity contribution is -0.167. The third-order valence-electron chi connectivity index (χ3n) is 5.64. The first-order chi connectivity index (χ1) is 14.2. The third-order valence-corrected chi connectivity index (χ3v) is 7.01. The van der Waals surface area contributed by atoms with Crippen LogP contribution in [0.25, 0.3) is 0 Å². The molecule has 9 nitrogen and oxygen atoms in total. The fourth-order valence-corrected chi connectivity index (χ4v) is 5.20. The van der Waals surface area contributed by atoms with Gasteiger partial charge in [-0.05, 0) is 37.5 Å². The van der Waals surface area contributed by atoms with Gasteiger partial charge in [0.05, 0.1) is 19.1 Å². The van der Waals surface area contributed by atoms with Crippen LogP contribution in [-0.2, 0) is 39.6 Å². The molecule has 2 aliphatic carbocycles. The predicted molar refractivity (Wildman–Crippen MR) is 95.4 cm³/mol. The van der Waals surface area contributed by atoms with E-state index in [-0.39, 0.29) is 24.0 Å². The Morgan fingerprint density at radius 3 is 2.26 bits per heavy atom. The van der Waals surface area contributed by atoms with Gasteiger partial charge in [0.25, 0.3) is 11.0 Å².